The molecule has 2 atom stereocenters. The van der Waals surface area contributed by atoms with Gasteiger partial charge in [-0.15, -0.1) is 0 Å². The Bertz CT molecular complexity index is 399. The molecular formula is C14H20O5. The summed E-state index contributed by atoms with van der Waals surface area (Å²) in [5.74, 6) is -0.172. The van der Waals surface area contributed by atoms with Crippen LogP contribution in [0.5, 0.6) is 5.75 Å². The molecule has 19 heavy (non-hydrogen) atoms. The van der Waals surface area contributed by atoms with Crippen molar-refractivity contribution in [1.82, 2.24) is 0 Å². The highest BCUT2D eigenvalue weighted by molar-refractivity contribution is 5.75. The van der Waals surface area contributed by atoms with E-state index in [1.807, 2.05) is 13.8 Å². The second kappa shape index (κ2) is 7.11. The lowest BCUT2D eigenvalue weighted by Crippen LogP contribution is -2.29. The van der Waals surface area contributed by atoms with Crippen LogP contribution in [0.1, 0.15) is 32.4 Å². The average molecular weight is 268 g/mol. The van der Waals surface area contributed by atoms with Crippen molar-refractivity contribution in [2.24, 2.45) is 0 Å². The molecule has 1 aromatic carbocycles. The number of hydrogen-bond donors (Lipinski definition) is 2. The second-order valence-electron chi connectivity index (χ2n) is 4.38. The summed E-state index contributed by atoms with van der Waals surface area (Å²) in [6.07, 6.45) is -2.84. The maximum Gasteiger partial charge on any atom is 0.338 e. The number of aliphatic hydroxyl groups excluding tert-OH is 2. The molecule has 1 aromatic rings. The maximum absolute atomic E-state index is 11.3. The van der Waals surface area contributed by atoms with Gasteiger partial charge >= 0.3 is 5.97 Å². The lowest BCUT2D eigenvalue weighted by molar-refractivity contribution is -0.159. The van der Waals surface area contributed by atoms with E-state index in [1.54, 1.807) is 31.2 Å². The molecule has 2 unspecified atom stereocenters. The van der Waals surface area contributed by atoms with Gasteiger partial charge in [-0.25, -0.2) is 4.79 Å². The van der Waals surface area contributed by atoms with Crippen molar-refractivity contribution in [3.63, 3.8) is 0 Å². The minimum Gasteiger partial charge on any atom is -0.491 e. The minimum atomic E-state index is -1.59. The van der Waals surface area contributed by atoms with Gasteiger partial charge in [-0.3, -0.25) is 0 Å². The highest BCUT2D eigenvalue weighted by Gasteiger charge is 2.26. The molecule has 0 aliphatic rings. The van der Waals surface area contributed by atoms with Crippen LogP contribution in [0.15, 0.2) is 24.3 Å². The molecule has 0 amide bonds. The molecule has 2 N–H and O–H groups in total. The van der Waals surface area contributed by atoms with Gasteiger partial charge in [0.1, 0.15) is 11.9 Å². The summed E-state index contributed by atoms with van der Waals surface area (Å²) in [6, 6.07) is 6.56. The molecule has 5 heteroatoms. The molecule has 0 spiro atoms. The quantitative estimate of drug-likeness (QED) is 0.763. The van der Waals surface area contributed by atoms with Crippen LogP contribution < -0.4 is 4.74 Å². The lowest BCUT2D eigenvalue weighted by Gasteiger charge is -2.17. The van der Waals surface area contributed by atoms with Crippen molar-refractivity contribution in [2.45, 2.75) is 39.1 Å². The smallest absolute Gasteiger partial charge is 0.338 e. The first-order chi connectivity index (χ1) is 8.95. The minimum absolute atomic E-state index is 0.0564. The topological polar surface area (TPSA) is 76.0 Å². The normalized spacial score (nSPS) is 14.0. The Morgan fingerprint density at radius 3 is 2.26 bits per heavy atom. The highest BCUT2D eigenvalue weighted by atomic mass is 16.5. The fourth-order valence-electron chi connectivity index (χ4n) is 1.55. The van der Waals surface area contributed by atoms with Gasteiger partial charge in [-0.2, -0.15) is 0 Å². The van der Waals surface area contributed by atoms with Gasteiger partial charge < -0.3 is 19.7 Å². The lowest BCUT2D eigenvalue weighted by atomic mass is 10.0. The Balaban J connectivity index is 2.71. The molecule has 0 radical (unpaired) electrons. The van der Waals surface area contributed by atoms with Crippen LogP contribution in [0.3, 0.4) is 0 Å². The van der Waals surface area contributed by atoms with Gasteiger partial charge in [0.15, 0.2) is 6.10 Å². The van der Waals surface area contributed by atoms with E-state index in [0.717, 1.165) is 0 Å². The first kappa shape index (κ1) is 15.5. The summed E-state index contributed by atoms with van der Waals surface area (Å²) in [6.45, 7) is 5.61. The molecule has 0 saturated heterocycles. The largest absolute Gasteiger partial charge is 0.491 e. The van der Waals surface area contributed by atoms with E-state index < -0.39 is 18.2 Å². The summed E-state index contributed by atoms with van der Waals surface area (Å²) < 4.78 is 10.1. The predicted molar refractivity (Wildman–Crippen MR) is 69.8 cm³/mol. The first-order valence-corrected chi connectivity index (χ1v) is 6.25. The molecule has 5 nitrogen and oxygen atoms in total. The van der Waals surface area contributed by atoms with Crippen molar-refractivity contribution in [2.75, 3.05) is 6.61 Å². The molecule has 0 aromatic heterocycles. The van der Waals surface area contributed by atoms with Crippen LogP contribution in [0, 0.1) is 0 Å². The first-order valence-electron chi connectivity index (χ1n) is 6.25. The Morgan fingerprint density at radius 2 is 1.79 bits per heavy atom. The molecule has 0 saturated carbocycles. The zero-order valence-electron chi connectivity index (χ0n) is 11.4. The number of rotatable bonds is 6. The molecule has 0 bridgehead atoms. The number of ether oxygens (including phenoxy) is 2. The van der Waals surface area contributed by atoms with Crippen LogP contribution >= 0.6 is 0 Å². The van der Waals surface area contributed by atoms with E-state index in [4.69, 9.17) is 4.74 Å². The number of hydrogen-bond acceptors (Lipinski definition) is 5. The summed E-state index contributed by atoms with van der Waals surface area (Å²) >= 11 is 0. The SMILES string of the molecule is CCOC(=O)C(O)C(O)c1ccc(OC(C)C)cc1. The molecule has 0 heterocycles. The van der Waals surface area contributed by atoms with Crippen molar-refractivity contribution < 1.29 is 24.5 Å². The molecule has 106 valence electrons. The van der Waals surface area contributed by atoms with Crippen LogP contribution in [0.4, 0.5) is 0 Å². The second-order valence-corrected chi connectivity index (χ2v) is 4.38. The third-order valence-electron chi connectivity index (χ3n) is 2.42. The predicted octanol–water partition coefficient (Wildman–Crippen LogP) is 1.43. The van der Waals surface area contributed by atoms with Crippen molar-refractivity contribution in [3.8, 4) is 5.75 Å². The van der Waals surface area contributed by atoms with E-state index >= 15 is 0 Å². The summed E-state index contributed by atoms with van der Waals surface area (Å²) in [7, 11) is 0. The third kappa shape index (κ3) is 4.54. The van der Waals surface area contributed by atoms with Gasteiger partial charge in [-0.05, 0) is 38.5 Å². The molecule has 0 aliphatic heterocycles. The number of aliphatic hydroxyl groups is 2. The van der Waals surface area contributed by atoms with Gasteiger partial charge in [0.05, 0.1) is 12.7 Å². The van der Waals surface area contributed by atoms with E-state index in [0.29, 0.717) is 11.3 Å². The maximum atomic E-state index is 11.3. The molecule has 0 aliphatic carbocycles. The standard InChI is InChI=1S/C14H20O5/c1-4-18-14(17)13(16)12(15)10-5-7-11(8-6-10)19-9(2)3/h5-9,12-13,15-16H,4H2,1-3H3. The highest BCUT2D eigenvalue weighted by Crippen LogP contribution is 2.21. The number of benzene rings is 1. The van der Waals surface area contributed by atoms with E-state index in [9.17, 15) is 15.0 Å². The van der Waals surface area contributed by atoms with Crippen molar-refractivity contribution in [3.05, 3.63) is 29.8 Å². The zero-order valence-corrected chi connectivity index (χ0v) is 11.4. The number of esters is 1. The Hall–Kier alpha value is -1.59. The van der Waals surface area contributed by atoms with Crippen molar-refractivity contribution >= 4 is 5.97 Å². The van der Waals surface area contributed by atoms with Gasteiger partial charge in [0, 0.05) is 0 Å². The van der Waals surface area contributed by atoms with Gasteiger partial charge in [0.25, 0.3) is 0 Å². The van der Waals surface area contributed by atoms with Crippen LogP contribution in [0.2, 0.25) is 0 Å². The Morgan fingerprint density at radius 1 is 1.21 bits per heavy atom. The monoisotopic (exact) mass is 268 g/mol. The van der Waals surface area contributed by atoms with Crippen LogP contribution in [-0.2, 0) is 9.53 Å². The van der Waals surface area contributed by atoms with Crippen molar-refractivity contribution in [1.29, 1.82) is 0 Å². The number of carbonyl (C=O) groups is 1. The Labute approximate surface area is 112 Å². The zero-order chi connectivity index (χ0) is 14.4. The fraction of sp³-hybridized carbons (Fsp3) is 0.500. The summed E-state index contributed by atoms with van der Waals surface area (Å²) in [5, 5.41) is 19.5. The van der Waals surface area contributed by atoms with Crippen LogP contribution in [0.25, 0.3) is 0 Å². The summed E-state index contributed by atoms with van der Waals surface area (Å²) in [5.41, 5.74) is 0.427. The average Bonchev–Trinajstić information content (AvgIpc) is 2.37. The fourth-order valence-corrected chi connectivity index (χ4v) is 1.55. The summed E-state index contributed by atoms with van der Waals surface area (Å²) in [4.78, 5) is 11.3. The molecule has 0 fully saturated rings. The van der Waals surface area contributed by atoms with E-state index in [2.05, 4.69) is 4.74 Å². The van der Waals surface area contributed by atoms with Gasteiger partial charge in [-0.1, -0.05) is 12.1 Å². The number of carbonyl (C=O) groups excluding carboxylic acids is 1. The third-order valence-corrected chi connectivity index (χ3v) is 2.42. The van der Waals surface area contributed by atoms with E-state index in [1.165, 1.54) is 0 Å². The molecular weight excluding hydrogens is 248 g/mol. The van der Waals surface area contributed by atoms with Gasteiger partial charge in [0.2, 0.25) is 0 Å². The Kier molecular flexibility index (Phi) is 5.79. The van der Waals surface area contributed by atoms with Crippen LogP contribution in [-0.4, -0.2) is 35.0 Å². The van der Waals surface area contributed by atoms with E-state index in [-0.39, 0.29) is 12.7 Å². The molecule has 1 rings (SSSR count).